The topological polar surface area (TPSA) is 54.6 Å². The van der Waals surface area contributed by atoms with Gasteiger partial charge in [-0.2, -0.15) is 0 Å². The molecule has 0 radical (unpaired) electrons. The van der Waals surface area contributed by atoms with E-state index in [0.29, 0.717) is 17.1 Å². The van der Waals surface area contributed by atoms with Crippen molar-refractivity contribution in [2.75, 3.05) is 27.3 Å². The molecule has 1 atom stereocenters. The van der Waals surface area contributed by atoms with Crippen molar-refractivity contribution in [3.05, 3.63) is 59.8 Å². The van der Waals surface area contributed by atoms with E-state index in [9.17, 15) is 4.79 Å². The van der Waals surface area contributed by atoms with Gasteiger partial charge in [-0.05, 0) is 43.1 Å². The first-order chi connectivity index (χ1) is 13.7. The van der Waals surface area contributed by atoms with Gasteiger partial charge in [0.2, 0.25) is 0 Å². The highest BCUT2D eigenvalue weighted by atomic mass is 16.5. The highest BCUT2D eigenvalue weighted by molar-refractivity contribution is 6.00. The van der Waals surface area contributed by atoms with Crippen LogP contribution >= 0.6 is 0 Å². The highest BCUT2D eigenvalue weighted by Gasteiger charge is 2.28. The van der Waals surface area contributed by atoms with Crippen LogP contribution in [-0.4, -0.2) is 43.0 Å². The molecule has 0 unspecified atom stereocenters. The first-order valence-corrected chi connectivity index (χ1v) is 9.73. The van der Waals surface area contributed by atoms with Crippen molar-refractivity contribution < 1.29 is 14.3 Å². The van der Waals surface area contributed by atoms with Crippen LogP contribution in [0.1, 0.15) is 28.8 Å². The number of rotatable bonds is 6. The fraction of sp³-hybridized carbons (Fsp3) is 0.348. The first kappa shape index (κ1) is 18.6. The van der Waals surface area contributed by atoms with Crippen molar-refractivity contribution in [1.29, 1.82) is 0 Å². The van der Waals surface area contributed by atoms with Crippen molar-refractivity contribution in [1.82, 2.24) is 9.88 Å². The van der Waals surface area contributed by atoms with Gasteiger partial charge in [0.1, 0.15) is 11.5 Å². The molecular weight excluding hydrogens is 352 g/mol. The Balaban J connectivity index is 1.50. The third kappa shape index (κ3) is 3.62. The molecule has 0 aliphatic carbocycles. The zero-order valence-corrected chi connectivity index (χ0v) is 16.4. The molecule has 0 saturated carbocycles. The Hall–Kier alpha value is -2.79. The van der Waals surface area contributed by atoms with E-state index in [2.05, 4.69) is 34.3 Å². The molecular formula is C23H26N2O3. The van der Waals surface area contributed by atoms with E-state index < -0.39 is 0 Å². The second kappa shape index (κ2) is 8.07. The molecule has 1 fully saturated rings. The predicted octanol–water partition coefficient (Wildman–Crippen LogP) is 4.28. The Bertz CT molecular complexity index is 979. The summed E-state index contributed by atoms with van der Waals surface area (Å²) in [5, 5.41) is 1.26. The van der Waals surface area contributed by atoms with E-state index >= 15 is 0 Å². The number of carbonyl (C=O) groups is 1. The normalized spacial score (nSPS) is 17.6. The quantitative estimate of drug-likeness (QED) is 0.651. The number of piperidine rings is 1. The summed E-state index contributed by atoms with van der Waals surface area (Å²) in [6.45, 7) is 2.64. The molecule has 0 spiro atoms. The van der Waals surface area contributed by atoms with Gasteiger partial charge in [0.15, 0.2) is 5.78 Å². The van der Waals surface area contributed by atoms with Crippen molar-refractivity contribution in [3.8, 4) is 11.5 Å². The molecule has 1 aromatic heterocycles. The molecule has 2 heterocycles. The SMILES string of the molecule is COc1ccc(C(=O)[C@H]2CCCN(Cc3c[nH]c4ccccc34)C2)c(OC)c1. The first-order valence-electron chi connectivity index (χ1n) is 9.73. The molecule has 0 bridgehead atoms. The summed E-state index contributed by atoms with van der Waals surface area (Å²) >= 11 is 0. The Kier molecular flexibility index (Phi) is 5.35. The molecule has 5 heteroatoms. The molecule has 4 rings (SSSR count). The van der Waals surface area contributed by atoms with Crippen molar-refractivity contribution in [2.45, 2.75) is 19.4 Å². The molecule has 5 nitrogen and oxygen atoms in total. The molecule has 3 aromatic rings. The minimum Gasteiger partial charge on any atom is -0.497 e. The number of nitrogens with zero attached hydrogens (tertiary/aromatic N) is 1. The van der Waals surface area contributed by atoms with Gasteiger partial charge >= 0.3 is 0 Å². The van der Waals surface area contributed by atoms with Gasteiger partial charge in [0.25, 0.3) is 0 Å². The lowest BCUT2D eigenvalue weighted by atomic mass is 9.89. The highest BCUT2D eigenvalue weighted by Crippen LogP contribution is 2.30. The lowest BCUT2D eigenvalue weighted by Crippen LogP contribution is -2.38. The number of carbonyl (C=O) groups excluding carboxylic acids is 1. The maximum Gasteiger partial charge on any atom is 0.170 e. The molecule has 1 aliphatic heterocycles. The fourth-order valence-corrected chi connectivity index (χ4v) is 4.14. The number of aromatic amines is 1. The van der Waals surface area contributed by atoms with Crippen LogP contribution in [0.15, 0.2) is 48.7 Å². The number of benzene rings is 2. The number of hydrogen-bond donors (Lipinski definition) is 1. The number of likely N-dealkylation sites (tertiary alicyclic amines) is 1. The summed E-state index contributed by atoms with van der Waals surface area (Å²) in [4.78, 5) is 18.9. The van der Waals surface area contributed by atoms with E-state index in [0.717, 1.165) is 38.0 Å². The molecule has 1 saturated heterocycles. The fourth-order valence-electron chi connectivity index (χ4n) is 4.14. The molecule has 0 amide bonds. The van der Waals surface area contributed by atoms with Crippen molar-refractivity contribution in [3.63, 3.8) is 0 Å². The van der Waals surface area contributed by atoms with Crippen molar-refractivity contribution in [2.24, 2.45) is 5.92 Å². The van der Waals surface area contributed by atoms with E-state index in [1.165, 1.54) is 10.9 Å². The average Bonchev–Trinajstić information content (AvgIpc) is 3.16. The molecule has 146 valence electrons. The van der Waals surface area contributed by atoms with Crippen LogP contribution in [0, 0.1) is 5.92 Å². The summed E-state index contributed by atoms with van der Waals surface area (Å²) < 4.78 is 10.7. The number of para-hydroxylation sites is 1. The van der Waals surface area contributed by atoms with Gasteiger partial charge in [-0.3, -0.25) is 9.69 Å². The maximum atomic E-state index is 13.2. The number of ketones is 1. The monoisotopic (exact) mass is 378 g/mol. The number of fused-ring (bicyclic) bond motifs is 1. The van der Waals surface area contributed by atoms with E-state index in [1.54, 1.807) is 20.3 Å². The van der Waals surface area contributed by atoms with Gasteiger partial charge in [-0.25, -0.2) is 0 Å². The van der Waals surface area contributed by atoms with Crippen LogP contribution in [0.2, 0.25) is 0 Å². The largest absolute Gasteiger partial charge is 0.497 e. The Morgan fingerprint density at radius 2 is 2.04 bits per heavy atom. The van der Waals surface area contributed by atoms with Crippen LogP contribution in [-0.2, 0) is 6.54 Å². The van der Waals surface area contributed by atoms with Crippen LogP contribution in [0.4, 0.5) is 0 Å². The Labute approximate surface area is 165 Å². The zero-order valence-electron chi connectivity index (χ0n) is 16.4. The predicted molar refractivity (Wildman–Crippen MR) is 110 cm³/mol. The number of nitrogens with one attached hydrogen (secondary N) is 1. The van der Waals surface area contributed by atoms with Crippen LogP contribution in [0.3, 0.4) is 0 Å². The van der Waals surface area contributed by atoms with Crippen molar-refractivity contribution >= 4 is 16.7 Å². The van der Waals surface area contributed by atoms with Gasteiger partial charge in [-0.1, -0.05) is 18.2 Å². The minimum absolute atomic E-state index is 0.0127. The van der Waals surface area contributed by atoms with Gasteiger partial charge in [0.05, 0.1) is 19.8 Å². The second-order valence-electron chi connectivity index (χ2n) is 7.36. The summed E-state index contributed by atoms with van der Waals surface area (Å²) in [5.41, 5.74) is 3.08. The lowest BCUT2D eigenvalue weighted by Gasteiger charge is -2.32. The summed E-state index contributed by atoms with van der Waals surface area (Å²) in [6, 6.07) is 13.8. The Morgan fingerprint density at radius 1 is 1.18 bits per heavy atom. The van der Waals surface area contributed by atoms with Crippen LogP contribution in [0.5, 0.6) is 11.5 Å². The standard InChI is InChI=1S/C23H26N2O3/c1-27-18-9-10-20(22(12-18)28-2)23(26)16-6-5-11-25(14-16)15-17-13-24-21-8-4-3-7-19(17)21/h3-4,7-10,12-13,16,24H,5-6,11,14-15H2,1-2H3/t16-/m0/s1. The summed E-state index contributed by atoms with van der Waals surface area (Å²) in [6.07, 6.45) is 4.03. The van der Waals surface area contributed by atoms with Crippen LogP contribution < -0.4 is 9.47 Å². The lowest BCUT2D eigenvalue weighted by molar-refractivity contribution is 0.0809. The number of ether oxygens (including phenoxy) is 2. The average molecular weight is 378 g/mol. The summed E-state index contributed by atoms with van der Waals surface area (Å²) in [7, 11) is 3.20. The van der Waals surface area contributed by atoms with E-state index in [4.69, 9.17) is 9.47 Å². The molecule has 2 aromatic carbocycles. The molecule has 28 heavy (non-hydrogen) atoms. The minimum atomic E-state index is -0.0127. The number of H-pyrrole nitrogens is 1. The summed E-state index contributed by atoms with van der Waals surface area (Å²) in [5.74, 6) is 1.42. The van der Waals surface area contributed by atoms with E-state index in [1.807, 2.05) is 18.2 Å². The van der Waals surface area contributed by atoms with Gasteiger partial charge in [0, 0.05) is 42.2 Å². The third-order valence-electron chi connectivity index (χ3n) is 5.62. The van der Waals surface area contributed by atoms with Gasteiger partial charge in [-0.15, -0.1) is 0 Å². The smallest absolute Gasteiger partial charge is 0.170 e. The zero-order chi connectivity index (χ0) is 19.5. The molecule has 1 aliphatic rings. The maximum absolute atomic E-state index is 13.2. The number of Topliss-reactive ketones (excluding diaryl/α,β-unsaturated/α-hetero) is 1. The van der Waals surface area contributed by atoms with Crippen LogP contribution in [0.25, 0.3) is 10.9 Å². The van der Waals surface area contributed by atoms with Gasteiger partial charge < -0.3 is 14.5 Å². The second-order valence-corrected chi connectivity index (χ2v) is 7.36. The van der Waals surface area contributed by atoms with E-state index in [-0.39, 0.29) is 11.7 Å². The third-order valence-corrected chi connectivity index (χ3v) is 5.62. The number of hydrogen-bond acceptors (Lipinski definition) is 4. The Morgan fingerprint density at radius 3 is 2.86 bits per heavy atom. The molecule has 1 N–H and O–H groups in total. The number of methoxy groups -OCH3 is 2. The number of aromatic nitrogens is 1.